The van der Waals surface area contributed by atoms with Crippen molar-refractivity contribution in [1.29, 1.82) is 0 Å². The van der Waals surface area contributed by atoms with E-state index >= 15 is 0 Å². The fourth-order valence-electron chi connectivity index (χ4n) is 3.15. The van der Waals surface area contributed by atoms with Crippen molar-refractivity contribution in [2.75, 3.05) is 26.3 Å². The van der Waals surface area contributed by atoms with E-state index < -0.39 is 0 Å². The van der Waals surface area contributed by atoms with Crippen LogP contribution >= 0.6 is 0 Å². The monoisotopic (exact) mass is 336 g/mol. The second kappa shape index (κ2) is 6.69. The zero-order chi connectivity index (χ0) is 17.2. The normalized spacial score (nSPS) is 17.1. The summed E-state index contributed by atoms with van der Waals surface area (Å²) in [6.45, 7) is 4.87. The molecule has 0 saturated carbocycles. The Hall–Kier alpha value is -2.66. The molecule has 2 aromatic rings. The number of ether oxygens (including phenoxy) is 2. The minimum absolute atomic E-state index is 0.0849. The number of aliphatic imine (C=N–C) groups is 1. The predicted molar refractivity (Wildman–Crippen MR) is 96.1 cm³/mol. The van der Waals surface area contributed by atoms with E-state index in [2.05, 4.69) is 4.90 Å². The first kappa shape index (κ1) is 15.8. The lowest BCUT2D eigenvalue weighted by Gasteiger charge is -2.31. The highest BCUT2D eigenvalue weighted by Crippen LogP contribution is 2.39. The van der Waals surface area contributed by atoms with E-state index in [0.717, 1.165) is 30.2 Å². The van der Waals surface area contributed by atoms with Gasteiger partial charge in [-0.3, -0.25) is 4.79 Å². The minimum atomic E-state index is 0.0849. The number of amidine groups is 1. The van der Waals surface area contributed by atoms with Crippen LogP contribution in [-0.2, 0) is 4.74 Å². The molecule has 2 aromatic carbocycles. The standard InChI is InChI=1S/C20H20N2O3/c1-14-5-2-3-7-17(14)25-18-8-4-6-15-16(23)13-19(21-20(15)18)22-9-11-24-12-10-22/h2-8H,9-13H2,1H3. The first-order valence-electron chi connectivity index (χ1n) is 8.52. The molecule has 0 spiro atoms. The molecule has 0 amide bonds. The van der Waals surface area contributed by atoms with Crippen molar-refractivity contribution < 1.29 is 14.3 Å². The third-order valence-electron chi connectivity index (χ3n) is 4.55. The van der Waals surface area contributed by atoms with E-state index in [1.54, 1.807) is 0 Å². The third kappa shape index (κ3) is 3.15. The predicted octanol–water partition coefficient (Wildman–Crippen LogP) is 3.74. The highest BCUT2D eigenvalue weighted by molar-refractivity contribution is 6.15. The number of rotatable bonds is 2. The lowest BCUT2D eigenvalue weighted by Crippen LogP contribution is -2.42. The average molecular weight is 336 g/mol. The van der Waals surface area contributed by atoms with Crippen LogP contribution in [0.15, 0.2) is 47.5 Å². The van der Waals surface area contributed by atoms with E-state index in [1.807, 2.05) is 49.4 Å². The van der Waals surface area contributed by atoms with Crippen molar-refractivity contribution in [2.45, 2.75) is 13.3 Å². The first-order chi connectivity index (χ1) is 12.2. The number of para-hydroxylation sites is 2. The quantitative estimate of drug-likeness (QED) is 0.838. The molecule has 1 fully saturated rings. The molecule has 2 heterocycles. The molecule has 25 heavy (non-hydrogen) atoms. The van der Waals surface area contributed by atoms with Crippen LogP contribution in [0.4, 0.5) is 5.69 Å². The second-order valence-electron chi connectivity index (χ2n) is 6.25. The number of aryl methyl sites for hydroxylation is 1. The number of fused-ring (bicyclic) bond motifs is 1. The topological polar surface area (TPSA) is 51.1 Å². The van der Waals surface area contributed by atoms with Gasteiger partial charge >= 0.3 is 0 Å². The Labute approximate surface area is 146 Å². The summed E-state index contributed by atoms with van der Waals surface area (Å²) in [6, 6.07) is 13.4. The summed E-state index contributed by atoms with van der Waals surface area (Å²) >= 11 is 0. The van der Waals surface area contributed by atoms with Gasteiger partial charge in [0.25, 0.3) is 0 Å². The van der Waals surface area contributed by atoms with Crippen molar-refractivity contribution in [3.8, 4) is 11.5 Å². The lowest BCUT2D eigenvalue weighted by atomic mass is 10.0. The maximum Gasteiger partial charge on any atom is 0.172 e. The zero-order valence-electron chi connectivity index (χ0n) is 14.2. The van der Waals surface area contributed by atoms with Crippen molar-refractivity contribution in [3.05, 3.63) is 53.6 Å². The summed E-state index contributed by atoms with van der Waals surface area (Å²) in [6.07, 6.45) is 0.334. The molecule has 0 aliphatic carbocycles. The van der Waals surface area contributed by atoms with Gasteiger partial charge in [0.05, 0.1) is 19.6 Å². The van der Waals surface area contributed by atoms with Gasteiger partial charge in [-0.2, -0.15) is 0 Å². The van der Waals surface area contributed by atoms with Crippen molar-refractivity contribution in [2.24, 2.45) is 4.99 Å². The Balaban J connectivity index is 1.72. The van der Waals surface area contributed by atoms with Gasteiger partial charge in [0.1, 0.15) is 17.3 Å². The Bertz CT molecular complexity index is 839. The molecular formula is C20H20N2O3. The third-order valence-corrected chi connectivity index (χ3v) is 4.55. The highest BCUT2D eigenvalue weighted by atomic mass is 16.5. The van der Waals surface area contributed by atoms with E-state index in [1.165, 1.54) is 0 Å². The van der Waals surface area contributed by atoms with Crippen LogP contribution in [0.25, 0.3) is 0 Å². The van der Waals surface area contributed by atoms with E-state index in [0.29, 0.717) is 36.6 Å². The van der Waals surface area contributed by atoms with Gasteiger partial charge in [-0.25, -0.2) is 4.99 Å². The van der Waals surface area contributed by atoms with E-state index in [4.69, 9.17) is 14.5 Å². The number of carbonyl (C=O) groups is 1. The first-order valence-corrected chi connectivity index (χ1v) is 8.52. The molecule has 0 bridgehead atoms. The molecule has 0 N–H and O–H groups in total. The molecule has 0 aromatic heterocycles. The number of morpholine rings is 1. The van der Waals surface area contributed by atoms with Gasteiger partial charge in [0, 0.05) is 18.7 Å². The van der Waals surface area contributed by atoms with Crippen LogP contribution in [0.2, 0.25) is 0 Å². The Morgan fingerprint density at radius 1 is 1.04 bits per heavy atom. The summed E-state index contributed by atoms with van der Waals surface area (Å²) in [5.74, 6) is 2.28. The number of nitrogens with zero attached hydrogens (tertiary/aromatic N) is 2. The maximum atomic E-state index is 12.6. The van der Waals surface area contributed by atoms with E-state index in [-0.39, 0.29) is 5.78 Å². The number of carbonyl (C=O) groups excluding carboxylic acids is 1. The van der Waals surface area contributed by atoms with Crippen LogP contribution in [0.5, 0.6) is 11.5 Å². The van der Waals surface area contributed by atoms with Gasteiger partial charge in [-0.1, -0.05) is 24.3 Å². The molecule has 0 atom stereocenters. The van der Waals surface area contributed by atoms with Crippen molar-refractivity contribution in [3.63, 3.8) is 0 Å². The lowest BCUT2D eigenvalue weighted by molar-refractivity contribution is 0.0665. The SMILES string of the molecule is Cc1ccccc1Oc1cccc2c1N=C(N1CCOCC1)CC2=O. The number of benzene rings is 2. The number of hydrogen-bond donors (Lipinski definition) is 0. The molecule has 1 saturated heterocycles. The van der Waals surface area contributed by atoms with Gasteiger partial charge in [0.15, 0.2) is 11.5 Å². The average Bonchev–Trinajstić information content (AvgIpc) is 2.65. The minimum Gasteiger partial charge on any atom is -0.455 e. The molecular weight excluding hydrogens is 316 g/mol. The second-order valence-corrected chi connectivity index (χ2v) is 6.25. The van der Waals surface area contributed by atoms with Gasteiger partial charge in [-0.15, -0.1) is 0 Å². The summed E-state index contributed by atoms with van der Waals surface area (Å²) in [5.41, 5.74) is 2.30. The van der Waals surface area contributed by atoms with Gasteiger partial charge < -0.3 is 14.4 Å². The smallest absolute Gasteiger partial charge is 0.172 e. The van der Waals surface area contributed by atoms with Crippen molar-refractivity contribution >= 4 is 17.3 Å². The summed E-state index contributed by atoms with van der Waals surface area (Å²) in [4.78, 5) is 19.5. The van der Waals surface area contributed by atoms with Crippen molar-refractivity contribution in [1.82, 2.24) is 4.90 Å². The fourth-order valence-corrected chi connectivity index (χ4v) is 3.15. The molecule has 128 valence electrons. The molecule has 2 aliphatic heterocycles. The van der Waals surface area contributed by atoms with Crippen LogP contribution in [0.3, 0.4) is 0 Å². The van der Waals surface area contributed by atoms with Crippen LogP contribution in [0, 0.1) is 6.92 Å². The zero-order valence-corrected chi connectivity index (χ0v) is 14.2. The van der Waals surface area contributed by atoms with Crippen LogP contribution < -0.4 is 4.74 Å². The molecule has 5 heteroatoms. The maximum absolute atomic E-state index is 12.6. The summed E-state index contributed by atoms with van der Waals surface area (Å²) in [5, 5.41) is 0. The molecule has 0 radical (unpaired) electrons. The van der Waals surface area contributed by atoms with Crippen LogP contribution in [0.1, 0.15) is 22.3 Å². The number of Topliss-reactive ketones (excluding diaryl/α,β-unsaturated/α-hetero) is 1. The number of hydrogen-bond acceptors (Lipinski definition) is 5. The largest absolute Gasteiger partial charge is 0.455 e. The highest BCUT2D eigenvalue weighted by Gasteiger charge is 2.27. The molecule has 5 nitrogen and oxygen atoms in total. The molecule has 4 rings (SSSR count). The Morgan fingerprint density at radius 3 is 2.60 bits per heavy atom. The molecule has 0 unspecified atom stereocenters. The molecule has 2 aliphatic rings. The number of ketones is 1. The summed E-state index contributed by atoms with van der Waals surface area (Å²) in [7, 11) is 0. The summed E-state index contributed by atoms with van der Waals surface area (Å²) < 4.78 is 11.5. The Kier molecular flexibility index (Phi) is 4.24. The fraction of sp³-hybridized carbons (Fsp3) is 0.300. The van der Waals surface area contributed by atoms with Crippen LogP contribution in [-0.4, -0.2) is 42.8 Å². The Morgan fingerprint density at radius 2 is 1.80 bits per heavy atom. The van der Waals surface area contributed by atoms with Gasteiger partial charge in [0.2, 0.25) is 0 Å². The van der Waals surface area contributed by atoms with Gasteiger partial charge in [-0.05, 0) is 30.7 Å². The van der Waals surface area contributed by atoms with E-state index in [9.17, 15) is 4.79 Å².